The van der Waals surface area contributed by atoms with Crippen molar-refractivity contribution < 1.29 is 9.53 Å². The Bertz CT molecular complexity index is 476. The second kappa shape index (κ2) is 8.89. The van der Waals surface area contributed by atoms with Crippen LogP contribution in [-0.4, -0.2) is 54.7 Å². The minimum atomic E-state index is -0.376. The van der Waals surface area contributed by atoms with Crippen molar-refractivity contribution in [1.29, 1.82) is 0 Å². The molecule has 1 rings (SSSR count). The molecule has 0 fully saturated rings. The van der Waals surface area contributed by atoms with Gasteiger partial charge in [0.15, 0.2) is 0 Å². The summed E-state index contributed by atoms with van der Waals surface area (Å²) in [6, 6.07) is 8.59. The lowest BCUT2D eigenvalue weighted by molar-refractivity contribution is 0.164. The second-order valence-corrected chi connectivity index (χ2v) is 6.75. The predicted octanol–water partition coefficient (Wildman–Crippen LogP) is 2.74. The highest BCUT2D eigenvalue weighted by Gasteiger charge is 2.17. The summed E-state index contributed by atoms with van der Waals surface area (Å²) < 4.78 is 5.21. The third kappa shape index (κ3) is 6.59. The highest BCUT2D eigenvalue weighted by atomic mass is 16.6. The van der Waals surface area contributed by atoms with Crippen molar-refractivity contribution in [3.8, 4) is 5.75 Å². The zero-order valence-electron chi connectivity index (χ0n) is 15.2. The summed E-state index contributed by atoms with van der Waals surface area (Å²) in [6.07, 6.45) is 0.427. The lowest BCUT2D eigenvalue weighted by Gasteiger charge is -2.32. The van der Waals surface area contributed by atoms with Gasteiger partial charge in [0.05, 0.1) is 0 Å². The highest BCUT2D eigenvalue weighted by molar-refractivity contribution is 5.69. The summed E-state index contributed by atoms with van der Waals surface area (Å²) in [4.78, 5) is 15.3. The molecule has 1 aromatic carbocycles. The number of benzene rings is 1. The molecule has 0 aliphatic heterocycles. The molecule has 23 heavy (non-hydrogen) atoms. The molecule has 0 bridgehead atoms. The smallest absolute Gasteiger partial charge is 0.410 e. The van der Waals surface area contributed by atoms with Gasteiger partial charge in [-0.2, -0.15) is 0 Å². The van der Waals surface area contributed by atoms with Crippen LogP contribution in [0.5, 0.6) is 5.75 Å². The summed E-state index contributed by atoms with van der Waals surface area (Å²) in [5.41, 5.74) is 7.45. The van der Waals surface area contributed by atoms with Gasteiger partial charge in [0.1, 0.15) is 5.75 Å². The van der Waals surface area contributed by atoms with Crippen LogP contribution in [0.4, 0.5) is 4.79 Å². The maximum Gasteiger partial charge on any atom is 0.414 e. The van der Waals surface area contributed by atoms with Gasteiger partial charge in [-0.15, -0.1) is 0 Å². The van der Waals surface area contributed by atoms with Crippen molar-refractivity contribution in [2.24, 2.45) is 5.73 Å². The lowest BCUT2D eigenvalue weighted by atomic mass is 10.0. The fraction of sp³-hybridized carbons (Fsp3) is 0.611. The number of hydrogen-bond acceptors (Lipinski definition) is 4. The number of carbonyl (C=O) groups is 1. The van der Waals surface area contributed by atoms with Crippen molar-refractivity contribution in [2.45, 2.75) is 52.2 Å². The van der Waals surface area contributed by atoms with Gasteiger partial charge in [-0.1, -0.05) is 12.1 Å². The number of nitrogens with two attached hydrogens (primary N) is 1. The van der Waals surface area contributed by atoms with Crippen LogP contribution < -0.4 is 10.5 Å². The Morgan fingerprint density at radius 2 is 1.61 bits per heavy atom. The molecule has 0 spiro atoms. The van der Waals surface area contributed by atoms with Gasteiger partial charge in [-0.25, -0.2) is 4.79 Å². The predicted molar refractivity (Wildman–Crippen MR) is 94.8 cm³/mol. The van der Waals surface area contributed by atoms with Crippen molar-refractivity contribution in [3.63, 3.8) is 0 Å². The third-order valence-corrected chi connectivity index (χ3v) is 3.76. The molecule has 0 aromatic heterocycles. The quantitative estimate of drug-likeness (QED) is 0.839. The number of nitrogens with zero attached hydrogens (tertiary/aromatic N) is 2. The third-order valence-electron chi connectivity index (χ3n) is 3.76. The summed E-state index contributed by atoms with van der Waals surface area (Å²) >= 11 is 0. The summed E-state index contributed by atoms with van der Waals surface area (Å²) in [6.45, 7) is 9.65. The van der Waals surface area contributed by atoms with Crippen LogP contribution in [0.15, 0.2) is 24.3 Å². The maximum absolute atomic E-state index is 11.5. The van der Waals surface area contributed by atoms with Crippen LogP contribution in [0.25, 0.3) is 0 Å². The van der Waals surface area contributed by atoms with Crippen LogP contribution in [0.1, 0.15) is 33.3 Å². The molecular formula is C18H31N3O2. The molecule has 0 unspecified atom stereocenters. The van der Waals surface area contributed by atoms with Crippen LogP contribution in [0.2, 0.25) is 0 Å². The molecule has 0 radical (unpaired) electrons. The van der Waals surface area contributed by atoms with Crippen LogP contribution in [0, 0.1) is 0 Å². The number of amides is 1. The van der Waals surface area contributed by atoms with Gasteiger partial charge in [0.2, 0.25) is 0 Å². The Morgan fingerprint density at radius 3 is 2.04 bits per heavy atom. The zero-order valence-corrected chi connectivity index (χ0v) is 15.2. The highest BCUT2D eigenvalue weighted by Crippen LogP contribution is 2.15. The molecular weight excluding hydrogens is 290 g/mol. The van der Waals surface area contributed by atoms with Crippen LogP contribution in [0.3, 0.4) is 0 Å². The van der Waals surface area contributed by atoms with Crippen molar-refractivity contribution in [3.05, 3.63) is 29.8 Å². The lowest BCUT2D eigenvalue weighted by Crippen LogP contribution is -2.45. The first-order valence-electron chi connectivity index (χ1n) is 8.20. The Balaban J connectivity index is 2.59. The summed E-state index contributed by atoms with van der Waals surface area (Å²) in [7, 11) is 3.32. The maximum atomic E-state index is 11.5. The zero-order chi connectivity index (χ0) is 17.6. The molecule has 0 heterocycles. The van der Waals surface area contributed by atoms with Crippen molar-refractivity contribution in [2.75, 3.05) is 20.6 Å². The topological polar surface area (TPSA) is 58.8 Å². The van der Waals surface area contributed by atoms with Crippen LogP contribution in [-0.2, 0) is 6.42 Å². The SMILES string of the molecule is CC(C)N(C[C@@H](N)Cc1ccc(OC(=O)N(C)C)cc1)C(C)C. The number of ether oxygens (including phenoxy) is 1. The summed E-state index contributed by atoms with van der Waals surface area (Å²) in [5.74, 6) is 0.548. The molecule has 1 atom stereocenters. The van der Waals surface area contributed by atoms with Crippen molar-refractivity contribution in [1.82, 2.24) is 9.80 Å². The molecule has 0 saturated carbocycles. The van der Waals surface area contributed by atoms with Gasteiger partial charge >= 0.3 is 6.09 Å². The van der Waals surface area contributed by atoms with E-state index in [0.717, 1.165) is 18.5 Å². The Morgan fingerprint density at radius 1 is 1.09 bits per heavy atom. The van der Waals surface area contributed by atoms with E-state index in [9.17, 15) is 4.79 Å². The van der Waals surface area contributed by atoms with E-state index in [-0.39, 0.29) is 12.1 Å². The number of hydrogen-bond donors (Lipinski definition) is 1. The molecule has 0 aliphatic rings. The fourth-order valence-corrected chi connectivity index (χ4v) is 2.54. The molecule has 0 aliphatic carbocycles. The van der Waals surface area contributed by atoms with E-state index in [1.54, 1.807) is 14.1 Å². The van der Waals surface area contributed by atoms with E-state index < -0.39 is 0 Å². The molecule has 5 heteroatoms. The molecule has 1 aromatic rings. The number of rotatable bonds is 7. The molecule has 5 nitrogen and oxygen atoms in total. The molecule has 0 saturated heterocycles. The van der Waals surface area contributed by atoms with E-state index in [2.05, 4.69) is 32.6 Å². The minimum Gasteiger partial charge on any atom is -0.410 e. The Labute approximate surface area is 140 Å². The van der Waals surface area contributed by atoms with Gasteiger partial charge in [0, 0.05) is 38.8 Å². The van der Waals surface area contributed by atoms with E-state index in [1.807, 2.05) is 24.3 Å². The van der Waals surface area contributed by atoms with E-state index >= 15 is 0 Å². The van der Waals surface area contributed by atoms with Crippen LogP contribution >= 0.6 is 0 Å². The van der Waals surface area contributed by atoms with E-state index in [1.165, 1.54) is 4.90 Å². The van der Waals surface area contributed by atoms with Gasteiger partial charge < -0.3 is 15.4 Å². The van der Waals surface area contributed by atoms with E-state index in [4.69, 9.17) is 10.5 Å². The van der Waals surface area contributed by atoms with Gasteiger partial charge in [0.25, 0.3) is 0 Å². The standard InChI is InChI=1S/C18H31N3O2/c1-13(2)21(14(3)4)12-16(19)11-15-7-9-17(10-8-15)23-18(22)20(5)6/h7-10,13-14,16H,11-12,19H2,1-6H3/t16-/m0/s1. The first kappa shape index (κ1) is 19.5. The first-order chi connectivity index (χ1) is 10.7. The average molecular weight is 321 g/mol. The minimum absolute atomic E-state index is 0.0787. The first-order valence-corrected chi connectivity index (χ1v) is 8.20. The summed E-state index contributed by atoms with van der Waals surface area (Å²) in [5, 5.41) is 0. The number of carbonyl (C=O) groups excluding carboxylic acids is 1. The Hall–Kier alpha value is -1.59. The van der Waals surface area contributed by atoms with Gasteiger partial charge in [-0.3, -0.25) is 4.90 Å². The molecule has 130 valence electrons. The molecule has 2 N–H and O–H groups in total. The van der Waals surface area contributed by atoms with Crippen molar-refractivity contribution >= 4 is 6.09 Å². The fourth-order valence-electron chi connectivity index (χ4n) is 2.54. The van der Waals surface area contributed by atoms with Gasteiger partial charge in [-0.05, 0) is 51.8 Å². The Kier molecular flexibility index (Phi) is 7.52. The second-order valence-electron chi connectivity index (χ2n) is 6.75. The normalized spacial score (nSPS) is 12.8. The average Bonchev–Trinajstić information content (AvgIpc) is 2.46. The monoisotopic (exact) mass is 321 g/mol. The van der Waals surface area contributed by atoms with E-state index in [0.29, 0.717) is 17.8 Å². The largest absolute Gasteiger partial charge is 0.414 e. The molecule has 1 amide bonds.